The second-order valence-corrected chi connectivity index (χ2v) is 5.34. The van der Waals surface area contributed by atoms with E-state index in [1.54, 1.807) is 0 Å². The van der Waals surface area contributed by atoms with Crippen molar-refractivity contribution in [2.24, 2.45) is 0 Å². The Morgan fingerprint density at radius 3 is 2.74 bits per heavy atom. The van der Waals surface area contributed by atoms with E-state index in [0.29, 0.717) is 0 Å². The Hall–Kier alpha value is -1.78. The van der Waals surface area contributed by atoms with Crippen LogP contribution in [0.25, 0.3) is 5.57 Å². The van der Waals surface area contributed by atoms with Crippen LogP contribution in [0.3, 0.4) is 0 Å². The van der Waals surface area contributed by atoms with Gasteiger partial charge in [0, 0.05) is 0 Å². The third kappa shape index (κ3) is 3.16. The number of hydrogen-bond donors (Lipinski definition) is 0. The lowest BCUT2D eigenvalue weighted by Crippen LogP contribution is -2.02. The van der Waals surface area contributed by atoms with Crippen molar-refractivity contribution >= 4 is 5.57 Å². The third-order valence-electron chi connectivity index (χ3n) is 3.77. The van der Waals surface area contributed by atoms with Crippen molar-refractivity contribution in [1.82, 2.24) is 0 Å². The molecule has 98 valence electrons. The summed E-state index contributed by atoms with van der Waals surface area (Å²) in [6, 6.07) is 6.77. The lowest BCUT2D eigenvalue weighted by Gasteiger charge is -2.19. The number of hydrogen-bond acceptors (Lipinski definition) is 0. The van der Waals surface area contributed by atoms with E-state index >= 15 is 0 Å². The molecule has 0 saturated carbocycles. The quantitative estimate of drug-likeness (QED) is 0.487. The first kappa shape index (κ1) is 13.6. The zero-order valence-electron chi connectivity index (χ0n) is 12.4. The number of rotatable bonds is 2. The molecule has 0 atom stereocenters. The van der Waals surface area contributed by atoms with Gasteiger partial charge in [-0.25, -0.2) is 0 Å². The molecule has 0 unspecified atom stereocenters. The van der Waals surface area contributed by atoms with E-state index in [2.05, 4.69) is 63.8 Å². The molecule has 0 aromatic heterocycles. The van der Waals surface area contributed by atoms with Gasteiger partial charge in [-0.3, -0.25) is 0 Å². The van der Waals surface area contributed by atoms with Gasteiger partial charge in [0.25, 0.3) is 0 Å². The highest BCUT2D eigenvalue weighted by Gasteiger charge is 2.14. The molecule has 0 radical (unpaired) electrons. The smallest absolute Gasteiger partial charge is 0.0115 e. The molecule has 1 aromatic rings. The Bertz CT molecular complexity index is 603. The van der Waals surface area contributed by atoms with E-state index < -0.39 is 0 Å². The van der Waals surface area contributed by atoms with Crippen LogP contribution in [0.15, 0.2) is 53.3 Å². The van der Waals surface area contributed by atoms with Gasteiger partial charge in [-0.2, -0.15) is 0 Å². The normalized spacial score (nSPS) is 14.8. The third-order valence-corrected chi connectivity index (χ3v) is 3.77. The summed E-state index contributed by atoms with van der Waals surface area (Å²) >= 11 is 0. The minimum Gasteiger partial charge on any atom is -0.120 e. The lowest BCUT2D eigenvalue weighted by atomic mass is 9.85. The van der Waals surface area contributed by atoms with E-state index in [1.807, 2.05) is 6.08 Å². The molecule has 0 bridgehead atoms. The molecule has 0 saturated heterocycles. The number of benzene rings is 1. The second-order valence-electron chi connectivity index (χ2n) is 5.34. The number of allylic oxidation sites excluding steroid dienone is 5. The summed E-state index contributed by atoms with van der Waals surface area (Å²) in [4.78, 5) is 0. The SMILES string of the molecule is C/C=C(/C)C=C=CC1=C(C)CCc2cc(C)ccc21. The Balaban J connectivity index is 2.43. The lowest BCUT2D eigenvalue weighted by molar-refractivity contribution is 0.918. The summed E-state index contributed by atoms with van der Waals surface area (Å²) in [6.07, 6.45) is 8.60. The fraction of sp³-hybridized carbons (Fsp3) is 0.316. The van der Waals surface area contributed by atoms with Gasteiger partial charge in [-0.1, -0.05) is 35.4 Å². The Kier molecular flexibility index (Phi) is 4.24. The maximum Gasteiger partial charge on any atom is -0.0115 e. The molecule has 1 aromatic carbocycles. The predicted molar refractivity (Wildman–Crippen MR) is 84.2 cm³/mol. The van der Waals surface area contributed by atoms with Crippen LogP contribution >= 0.6 is 0 Å². The molecule has 0 heterocycles. The zero-order chi connectivity index (χ0) is 13.8. The fourth-order valence-electron chi connectivity index (χ4n) is 2.42. The van der Waals surface area contributed by atoms with Crippen LogP contribution in [0, 0.1) is 6.92 Å². The second kappa shape index (κ2) is 5.91. The van der Waals surface area contributed by atoms with Gasteiger partial charge in [0.1, 0.15) is 0 Å². The summed E-state index contributed by atoms with van der Waals surface area (Å²) < 4.78 is 0. The van der Waals surface area contributed by atoms with Gasteiger partial charge in [0.15, 0.2) is 0 Å². The minimum atomic E-state index is 1.16. The highest BCUT2D eigenvalue weighted by Crippen LogP contribution is 2.32. The highest BCUT2D eigenvalue weighted by molar-refractivity contribution is 5.79. The molecular weight excluding hydrogens is 228 g/mol. The molecule has 2 rings (SSSR count). The maximum absolute atomic E-state index is 3.32. The van der Waals surface area contributed by atoms with Crippen molar-refractivity contribution in [3.8, 4) is 0 Å². The number of aryl methyl sites for hydroxylation is 2. The van der Waals surface area contributed by atoms with E-state index in [1.165, 1.54) is 33.4 Å². The van der Waals surface area contributed by atoms with Crippen LogP contribution in [0.2, 0.25) is 0 Å². The molecule has 19 heavy (non-hydrogen) atoms. The minimum absolute atomic E-state index is 1.16. The highest BCUT2D eigenvalue weighted by atomic mass is 14.2. The van der Waals surface area contributed by atoms with Gasteiger partial charge >= 0.3 is 0 Å². The van der Waals surface area contributed by atoms with Gasteiger partial charge in [0.05, 0.1) is 0 Å². The van der Waals surface area contributed by atoms with Crippen molar-refractivity contribution in [1.29, 1.82) is 0 Å². The largest absolute Gasteiger partial charge is 0.120 e. The predicted octanol–water partition coefficient (Wildman–Crippen LogP) is 5.39. The molecule has 0 spiro atoms. The molecular formula is C19H22. The monoisotopic (exact) mass is 250 g/mol. The van der Waals surface area contributed by atoms with E-state index in [9.17, 15) is 0 Å². The first-order chi connectivity index (χ1) is 9.11. The van der Waals surface area contributed by atoms with Gasteiger partial charge in [-0.05, 0) is 75.0 Å². The topological polar surface area (TPSA) is 0 Å². The Morgan fingerprint density at radius 2 is 2.00 bits per heavy atom. The molecule has 0 aliphatic heterocycles. The Labute approximate surface area is 116 Å². The summed E-state index contributed by atoms with van der Waals surface area (Å²) in [7, 11) is 0. The Morgan fingerprint density at radius 1 is 1.21 bits per heavy atom. The van der Waals surface area contributed by atoms with Crippen LogP contribution in [-0.4, -0.2) is 0 Å². The molecule has 0 heteroatoms. The molecule has 1 aliphatic carbocycles. The van der Waals surface area contributed by atoms with Gasteiger partial charge in [-0.15, -0.1) is 5.73 Å². The average Bonchev–Trinajstić information content (AvgIpc) is 2.41. The summed E-state index contributed by atoms with van der Waals surface area (Å²) in [5.41, 5.74) is 11.6. The summed E-state index contributed by atoms with van der Waals surface area (Å²) in [6.45, 7) is 8.55. The van der Waals surface area contributed by atoms with Crippen molar-refractivity contribution in [3.05, 3.63) is 70.0 Å². The van der Waals surface area contributed by atoms with Gasteiger partial charge in [0.2, 0.25) is 0 Å². The fourth-order valence-corrected chi connectivity index (χ4v) is 2.42. The summed E-state index contributed by atoms with van der Waals surface area (Å²) in [5.74, 6) is 0. The zero-order valence-corrected chi connectivity index (χ0v) is 12.4. The standard InChI is InChI=1S/C19H22/c1-5-14(2)7-6-8-18-16(4)10-11-17-13-15(3)9-12-19(17)18/h5,7-9,12-13H,10-11H2,1-4H3/b14-5-. The van der Waals surface area contributed by atoms with Gasteiger partial charge < -0.3 is 0 Å². The van der Waals surface area contributed by atoms with Crippen LogP contribution in [0.1, 0.15) is 43.9 Å². The van der Waals surface area contributed by atoms with Crippen LogP contribution in [-0.2, 0) is 6.42 Å². The van der Waals surface area contributed by atoms with Crippen molar-refractivity contribution in [2.75, 3.05) is 0 Å². The number of fused-ring (bicyclic) bond motifs is 1. The molecule has 1 aliphatic rings. The van der Waals surface area contributed by atoms with Crippen LogP contribution in [0.4, 0.5) is 0 Å². The van der Waals surface area contributed by atoms with E-state index in [0.717, 1.165) is 12.8 Å². The van der Waals surface area contributed by atoms with Crippen molar-refractivity contribution in [2.45, 2.75) is 40.5 Å². The van der Waals surface area contributed by atoms with Crippen molar-refractivity contribution < 1.29 is 0 Å². The molecule has 0 amide bonds. The van der Waals surface area contributed by atoms with Crippen LogP contribution in [0.5, 0.6) is 0 Å². The molecule has 0 nitrogen and oxygen atoms in total. The summed E-state index contributed by atoms with van der Waals surface area (Å²) in [5, 5.41) is 0. The van der Waals surface area contributed by atoms with Crippen molar-refractivity contribution in [3.63, 3.8) is 0 Å². The first-order valence-corrected chi connectivity index (χ1v) is 6.97. The first-order valence-electron chi connectivity index (χ1n) is 6.97. The maximum atomic E-state index is 3.32. The molecule has 0 N–H and O–H groups in total. The van der Waals surface area contributed by atoms with E-state index in [4.69, 9.17) is 0 Å². The van der Waals surface area contributed by atoms with E-state index in [-0.39, 0.29) is 0 Å². The molecule has 0 fully saturated rings. The van der Waals surface area contributed by atoms with Crippen LogP contribution < -0.4 is 0 Å². The average molecular weight is 250 g/mol.